The van der Waals surface area contributed by atoms with E-state index in [2.05, 4.69) is 20.6 Å². The van der Waals surface area contributed by atoms with Gasteiger partial charge in [-0.1, -0.05) is 0 Å². The maximum absolute atomic E-state index is 13.3. The molecule has 0 radical (unpaired) electrons. The van der Waals surface area contributed by atoms with E-state index in [0.29, 0.717) is 31.9 Å². The van der Waals surface area contributed by atoms with E-state index in [-0.39, 0.29) is 11.8 Å². The number of esters is 1. The van der Waals surface area contributed by atoms with Gasteiger partial charge in [-0.2, -0.15) is 4.98 Å². The molecule has 0 unspecified atom stereocenters. The van der Waals surface area contributed by atoms with Gasteiger partial charge in [-0.25, -0.2) is 9.37 Å². The van der Waals surface area contributed by atoms with Gasteiger partial charge < -0.3 is 15.4 Å². The molecule has 1 heterocycles. The van der Waals surface area contributed by atoms with Gasteiger partial charge in [-0.15, -0.1) is 0 Å². The van der Waals surface area contributed by atoms with E-state index in [4.69, 9.17) is 4.74 Å². The monoisotopic (exact) mass is 256 g/mol. The van der Waals surface area contributed by atoms with Crippen LogP contribution in [0, 0.1) is 5.82 Å². The van der Waals surface area contributed by atoms with Crippen molar-refractivity contribution in [2.24, 2.45) is 0 Å². The van der Waals surface area contributed by atoms with Crippen LogP contribution in [0.25, 0.3) is 0 Å². The first-order valence-corrected chi connectivity index (χ1v) is 5.77. The number of nitrogens with one attached hydrogen (secondary N) is 2. The van der Waals surface area contributed by atoms with Crippen molar-refractivity contribution in [1.29, 1.82) is 0 Å². The van der Waals surface area contributed by atoms with Gasteiger partial charge in [-0.05, 0) is 13.3 Å². The van der Waals surface area contributed by atoms with E-state index >= 15 is 0 Å². The topological polar surface area (TPSA) is 76.1 Å². The average molecular weight is 256 g/mol. The first kappa shape index (κ1) is 14.1. The molecule has 0 aliphatic rings. The van der Waals surface area contributed by atoms with E-state index < -0.39 is 5.82 Å². The maximum atomic E-state index is 13.3. The summed E-state index contributed by atoms with van der Waals surface area (Å²) < 4.78 is 18.1. The third kappa shape index (κ3) is 4.52. The summed E-state index contributed by atoms with van der Waals surface area (Å²) in [4.78, 5) is 18.7. The van der Waals surface area contributed by atoms with Gasteiger partial charge in [0.2, 0.25) is 5.95 Å². The molecule has 0 spiro atoms. The highest BCUT2D eigenvalue weighted by Crippen LogP contribution is 2.11. The molecular formula is C11H17FN4O2. The fourth-order valence-corrected chi connectivity index (χ4v) is 1.28. The highest BCUT2D eigenvalue weighted by atomic mass is 19.1. The molecule has 0 saturated heterocycles. The molecule has 18 heavy (non-hydrogen) atoms. The van der Waals surface area contributed by atoms with Gasteiger partial charge in [0.05, 0.1) is 12.8 Å². The summed E-state index contributed by atoms with van der Waals surface area (Å²) in [6.45, 7) is 2.57. The quantitative estimate of drug-likeness (QED) is 0.567. The first-order valence-electron chi connectivity index (χ1n) is 5.77. The third-order valence-corrected chi connectivity index (χ3v) is 2.12. The van der Waals surface area contributed by atoms with Crippen LogP contribution in [0.2, 0.25) is 0 Å². The Labute approximate surface area is 105 Å². The summed E-state index contributed by atoms with van der Waals surface area (Å²) in [5.41, 5.74) is 0. The van der Waals surface area contributed by atoms with Gasteiger partial charge in [-0.3, -0.25) is 4.79 Å². The van der Waals surface area contributed by atoms with Crippen molar-refractivity contribution in [2.75, 3.05) is 30.8 Å². The first-order chi connectivity index (χ1) is 8.67. The Morgan fingerprint density at radius 1 is 1.56 bits per heavy atom. The highest BCUT2D eigenvalue weighted by molar-refractivity contribution is 5.69. The standard InChI is InChI=1S/C11H17FN4O2/c1-3-18-9(17)5-4-6-14-10-8(12)7-15-11(13-2)16-10/h7H,3-6H2,1-2H3,(H2,13,14,15,16). The number of hydrogen-bond donors (Lipinski definition) is 2. The molecule has 0 aliphatic carbocycles. The number of anilines is 2. The third-order valence-electron chi connectivity index (χ3n) is 2.12. The zero-order chi connectivity index (χ0) is 13.4. The van der Waals surface area contributed by atoms with E-state index in [9.17, 15) is 9.18 Å². The van der Waals surface area contributed by atoms with Gasteiger partial charge >= 0.3 is 5.97 Å². The SMILES string of the molecule is CCOC(=O)CCCNc1nc(NC)ncc1F. The second-order valence-electron chi connectivity index (χ2n) is 3.48. The summed E-state index contributed by atoms with van der Waals surface area (Å²) in [6, 6.07) is 0. The van der Waals surface area contributed by atoms with Crippen LogP contribution < -0.4 is 10.6 Å². The molecule has 0 saturated carbocycles. The number of carbonyl (C=O) groups excluding carboxylic acids is 1. The molecule has 1 aromatic heterocycles. The minimum atomic E-state index is -0.523. The summed E-state index contributed by atoms with van der Waals surface area (Å²) >= 11 is 0. The van der Waals surface area contributed by atoms with E-state index in [0.717, 1.165) is 6.20 Å². The van der Waals surface area contributed by atoms with Crippen molar-refractivity contribution < 1.29 is 13.9 Å². The van der Waals surface area contributed by atoms with E-state index in [1.165, 1.54) is 0 Å². The summed E-state index contributed by atoms with van der Waals surface area (Å²) in [5.74, 6) is -0.314. The van der Waals surface area contributed by atoms with Crippen molar-refractivity contribution in [3.8, 4) is 0 Å². The number of carbonyl (C=O) groups is 1. The molecule has 0 fully saturated rings. The van der Waals surface area contributed by atoms with Crippen molar-refractivity contribution in [3.63, 3.8) is 0 Å². The van der Waals surface area contributed by atoms with Crippen molar-refractivity contribution >= 4 is 17.7 Å². The van der Waals surface area contributed by atoms with Gasteiger partial charge in [0, 0.05) is 20.0 Å². The molecule has 1 rings (SSSR count). The van der Waals surface area contributed by atoms with Gasteiger partial charge in [0.15, 0.2) is 11.6 Å². The molecule has 2 N–H and O–H groups in total. The number of nitrogens with zero attached hydrogens (tertiary/aromatic N) is 2. The fourth-order valence-electron chi connectivity index (χ4n) is 1.28. The second kappa shape index (κ2) is 7.41. The Balaban J connectivity index is 2.37. The Morgan fingerprint density at radius 2 is 2.33 bits per heavy atom. The molecule has 0 aliphatic heterocycles. The largest absolute Gasteiger partial charge is 0.466 e. The predicted octanol–water partition coefficient (Wildman–Crippen LogP) is 1.41. The molecule has 7 heteroatoms. The summed E-state index contributed by atoms with van der Waals surface area (Å²) in [7, 11) is 1.65. The van der Waals surface area contributed by atoms with Gasteiger partial charge in [0.1, 0.15) is 0 Å². The normalized spacial score (nSPS) is 9.94. The predicted molar refractivity (Wildman–Crippen MR) is 65.9 cm³/mol. The highest BCUT2D eigenvalue weighted by Gasteiger charge is 2.06. The maximum Gasteiger partial charge on any atom is 0.305 e. The molecule has 0 atom stereocenters. The lowest BCUT2D eigenvalue weighted by Gasteiger charge is -2.07. The lowest BCUT2D eigenvalue weighted by Crippen LogP contribution is -2.11. The molecular weight excluding hydrogens is 239 g/mol. The van der Waals surface area contributed by atoms with Crippen LogP contribution in [0.5, 0.6) is 0 Å². The van der Waals surface area contributed by atoms with Crippen molar-refractivity contribution in [2.45, 2.75) is 19.8 Å². The van der Waals surface area contributed by atoms with Crippen LogP contribution >= 0.6 is 0 Å². The minimum Gasteiger partial charge on any atom is -0.466 e. The smallest absolute Gasteiger partial charge is 0.305 e. The van der Waals surface area contributed by atoms with Crippen LogP contribution in [-0.4, -0.2) is 36.1 Å². The Morgan fingerprint density at radius 3 is 3.00 bits per heavy atom. The Bertz CT molecular complexity index is 401. The molecule has 100 valence electrons. The minimum absolute atomic E-state index is 0.123. The summed E-state index contributed by atoms with van der Waals surface area (Å²) in [6.07, 6.45) is 1.94. The number of aromatic nitrogens is 2. The molecule has 1 aromatic rings. The lowest BCUT2D eigenvalue weighted by atomic mass is 10.3. The Hall–Kier alpha value is -1.92. The van der Waals surface area contributed by atoms with Crippen LogP contribution in [-0.2, 0) is 9.53 Å². The van der Waals surface area contributed by atoms with E-state index in [1.807, 2.05) is 0 Å². The number of rotatable bonds is 7. The summed E-state index contributed by atoms with van der Waals surface area (Å²) in [5, 5.41) is 5.53. The molecule has 0 amide bonds. The lowest BCUT2D eigenvalue weighted by molar-refractivity contribution is -0.143. The van der Waals surface area contributed by atoms with E-state index in [1.54, 1.807) is 14.0 Å². The van der Waals surface area contributed by atoms with Crippen molar-refractivity contribution in [3.05, 3.63) is 12.0 Å². The zero-order valence-electron chi connectivity index (χ0n) is 10.5. The van der Waals surface area contributed by atoms with Crippen LogP contribution in [0.4, 0.5) is 16.2 Å². The average Bonchev–Trinajstić information content (AvgIpc) is 2.37. The molecule has 0 bridgehead atoms. The second-order valence-corrected chi connectivity index (χ2v) is 3.48. The van der Waals surface area contributed by atoms with Gasteiger partial charge in [0.25, 0.3) is 0 Å². The van der Waals surface area contributed by atoms with Crippen LogP contribution in [0.1, 0.15) is 19.8 Å². The van der Waals surface area contributed by atoms with Crippen LogP contribution in [0.3, 0.4) is 0 Å². The number of hydrogen-bond acceptors (Lipinski definition) is 6. The van der Waals surface area contributed by atoms with Crippen LogP contribution in [0.15, 0.2) is 6.20 Å². The number of ether oxygens (including phenoxy) is 1. The zero-order valence-corrected chi connectivity index (χ0v) is 10.5. The fraction of sp³-hybridized carbons (Fsp3) is 0.545. The number of halogens is 1. The molecule has 6 nitrogen and oxygen atoms in total. The molecule has 0 aromatic carbocycles. The van der Waals surface area contributed by atoms with Crippen molar-refractivity contribution in [1.82, 2.24) is 9.97 Å². The Kier molecular flexibility index (Phi) is 5.83.